The van der Waals surface area contributed by atoms with Gasteiger partial charge in [-0.05, 0) is 30.5 Å². The van der Waals surface area contributed by atoms with Gasteiger partial charge >= 0.3 is 5.97 Å². The average molecular weight is 331 g/mol. The molecule has 106 valence electrons. The highest BCUT2D eigenvalue weighted by atomic mass is 79.9. The van der Waals surface area contributed by atoms with E-state index in [-0.39, 0.29) is 5.56 Å². The molecule has 0 aliphatic carbocycles. The first kappa shape index (κ1) is 16.0. The summed E-state index contributed by atoms with van der Waals surface area (Å²) in [6.45, 7) is 5.78. The van der Waals surface area contributed by atoms with Gasteiger partial charge in [-0.3, -0.25) is 0 Å². The second-order valence-corrected chi connectivity index (χ2v) is 5.50. The van der Waals surface area contributed by atoms with Gasteiger partial charge in [0, 0.05) is 11.1 Å². The molecule has 0 aliphatic rings. The molecule has 0 fully saturated rings. The normalized spacial score (nSPS) is 10.7. The van der Waals surface area contributed by atoms with Crippen molar-refractivity contribution < 1.29 is 19.4 Å². The number of hydrogen-bond acceptors (Lipinski definition) is 3. The summed E-state index contributed by atoms with van der Waals surface area (Å²) >= 11 is 3.29. The van der Waals surface area contributed by atoms with Crippen LogP contribution >= 0.6 is 15.9 Å². The van der Waals surface area contributed by atoms with Crippen molar-refractivity contribution in [3.63, 3.8) is 0 Å². The average Bonchev–Trinajstić information content (AvgIpc) is 2.33. The maximum Gasteiger partial charge on any atom is 0.339 e. The molecule has 0 aromatic heterocycles. The van der Waals surface area contributed by atoms with Crippen molar-refractivity contribution in [2.75, 3.05) is 19.8 Å². The molecule has 1 N–H and O–H groups in total. The van der Waals surface area contributed by atoms with Crippen LogP contribution in [0.4, 0.5) is 0 Å². The van der Waals surface area contributed by atoms with Gasteiger partial charge in [-0.2, -0.15) is 0 Å². The van der Waals surface area contributed by atoms with Crippen molar-refractivity contribution in [1.29, 1.82) is 0 Å². The summed E-state index contributed by atoms with van der Waals surface area (Å²) in [7, 11) is 0. The molecule has 0 bridgehead atoms. The number of aromatic carboxylic acids is 1. The van der Waals surface area contributed by atoms with Gasteiger partial charge in [-0.1, -0.05) is 29.8 Å². The first-order valence-corrected chi connectivity index (χ1v) is 7.03. The first-order chi connectivity index (χ1) is 9.00. The Labute approximate surface area is 121 Å². The minimum Gasteiger partial charge on any atom is -0.490 e. The van der Waals surface area contributed by atoms with E-state index in [9.17, 15) is 4.79 Å². The van der Waals surface area contributed by atoms with E-state index >= 15 is 0 Å². The fourth-order valence-corrected chi connectivity index (χ4v) is 1.76. The summed E-state index contributed by atoms with van der Waals surface area (Å²) in [5.41, 5.74) is 0.158. The Morgan fingerprint density at radius 1 is 1.32 bits per heavy atom. The molecular weight excluding hydrogens is 312 g/mol. The van der Waals surface area contributed by atoms with E-state index in [0.717, 1.165) is 10.9 Å². The molecule has 1 rings (SSSR count). The zero-order valence-electron chi connectivity index (χ0n) is 11.2. The minimum atomic E-state index is -0.997. The van der Waals surface area contributed by atoms with Crippen LogP contribution in [0.5, 0.6) is 5.75 Å². The lowest BCUT2D eigenvalue weighted by Gasteiger charge is -2.10. The van der Waals surface area contributed by atoms with Crippen LogP contribution in [-0.4, -0.2) is 30.9 Å². The number of carboxylic acids is 1. The Morgan fingerprint density at radius 2 is 2.05 bits per heavy atom. The molecule has 0 atom stereocenters. The second kappa shape index (κ2) is 8.17. The molecular formula is C14H19BrO4. The standard InChI is InChI=1S/C14H19BrO4/c1-10(2)5-6-18-7-8-19-13-9-11(15)3-4-12(13)14(16)17/h3-4,9-10H,5-8H2,1-2H3,(H,16,17). The van der Waals surface area contributed by atoms with E-state index in [2.05, 4.69) is 29.8 Å². The van der Waals surface area contributed by atoms with E-state index in [0.29, 0.717) is 31.5 Å². The third kappa shape index (κ3) is 6.07. The fourth-order valence-electron chi connectivity index (χ4n) is 1.42. The molecule has 0 radical (unpaired) electrons. The van der Waals surface area contributed by atoms with Crippen LogP contribution in [0.1, 0.15) is 30.6 Å². The molecule has 0 spiro atoms. The quantitative estimate of drug-likeness (QED) is 0.740. The van der Waals surface area contributed by atoms with Gasteiger partial charge in [-0.25, -0.2) is 4.79 Å². The predicted octanol–water partition coefficient (Wildman–Crippen LogP) is 3.59. The van der Waals surface area contributed by atoms with Crippen LogP contribution in [0.2, 0.25) is 0 Å². The SMILES string of the molecule is CC(C)CCOCCOc1cc(Br)ccc1C(=O)O. The fraction of sp³-hybridized carbons (Fsp3) is 0.500. The van der Waals surface area contributed by atoms with Gasteiger partial charge < -0.3 is 14.6 Å². The topological polar surface area (TPSA) is 55.8 Å². The number of ether oxygens (including phenoxy) is 2. The molecule has 1 aromatic carbocycles. The lowest BCUT2D eigenvalue weighted by molar-refractivity contribution is 0.0683. The third-order valence-corrected chi connectivity index (χ3v) is 2.99. The number of carboxylic acid groups (broad SMARTS) is 1. The highest BCUT2D eigenvalue weighted by Crippen LogP contribution is 2.23. The van der Waals surface area contributed by atoms with E-state index in [1.807, 2.05) is 0 Å². The van der Waals surface area contributed by atoms with Gasteiger partial charge in [0.05, 0.1) is 6.61 Å². The van der Waals surface area contributed by atoms with Crippen molar-refractivity contribution >= 4 is 21.9 Å². The minimum absolute atomic E-state index is 0.158. The van der Waals surface area contributed by atoms with E-state index in [1.54, 1.807) is 12.1 Å². The van der Waals surface area contributed by atoms with Crippen LogP contribution in [0.25, 0.3) is 0 Å². The molecule has 0 saturated carbocycles. The second-order valence-electron chi connectivity index (χ2n) is 4.59. The van der Waals surface area contributed by atoms with Crippen molar-refractivity contribution in [3.05, 3.63) is 28.2 Å². The van der Waals surface area contributed by atoms with Crippen LogP contribution in [0.15, 0.2) is 22.7 Å². The smallest absolute Gasteiger partial charge is 0.339 e. The van der Waals surface area contributed by atoms with Crippen molar-refractivity contribution in [2.45, 2.75) is 20.3 Å². The van der Waals surface area contributed by atoms with Crippen LogP contribution in [0.3, 0.4) is 0 Å². The third-order valence-electron chi connectivity index (χ3n) is 2.50. The summed E-state index contributed by atoms with van der Waals surface area (Å²) in [5.74, 6) is -0.0258. The summed E-state index contributed by atoms with van der Waals surface area (Å²) in [5, 5.41) is 9.03. The number of hydrogen-bond donors (Lipinski definition) is 1. The summed E-state index contributed by atoms with van der Waals surface area (Å²) in [4.78, 5) is 11.0. The van der Waals surface area contributed by atoms with E-state index in [4.69, 9.17) is 14.6 Å². The zero-order chi connectivity index (χ0) is 14.3. The number of benzene rings is 1. The molecule has 0 saturated heterocycles. The monoisotopic (exact) mass is 330 g/mol. The van der Waals surface area contributed by atoms with Gasteiger partial charge in [-0.15, -0.1) is 0 Å². The summed E-state index contributed by atoms with van der Waals surface area (Å²) in [6, 6.07) is 4.84. The van der Waals surface area contributed by atoms with Crippen molar-refractivity contribution in [3.8, 4) is 5.75 Å². The molecule has 1 aromatic rings. The maximum atomic E-state index is 11.0. The Balaban J connectivity index is 2.40. The Morgan fingerprint density at radius 3 is 2.68 bits per heavy atom. The Hall–Kier alpha value is -1.07. The largest absolute Gasteiger partial charge is 0.490 e. The molecule has 0 unspecified atom stereocenters. The van der Waals surface area contributed by atoms with Gasteiger partial charge in [0.25, 0.3) is 0 Å². The van der Waals surface area contributed by atoms with Crippen LogP contribution < -0.4 is 4.74 Å². The molecule has 0 heterocycles. The number of rotatable bonds is 8. The lowest BCUT2D eigenvalue weighted by atomic mass is 10.1. The molecule has 0 aliphatic heterocycles. The van der Waals surface area contributed by atoms with Crippen LogP contribution in [-0.2, 0) is 4.74 Å². The highest BCUT2D eigenvalue weighted by Gasteiger charge is 2.11. The molecule has 19 heavy (non-hydrogen) atoms. The number of halogens is 1. The summed E-state index contributed by atoms with van der Waals surface area (Å²) in [6.07, 6.45) is 1.01. The van der Waals surface area contributed by atoms with E-state index in [1.165, 1.54) is 6.07 Å². The molecule has 4 nitrogen and oxygen atoms in total. The van der Waals surface area contributed by atoms with Gasteiger partial charge in [0.1, 0.15) is 17.9 Å². The maximum absolute atomic E-state index is 11.0. The van der Waals surface area contributed by atoms with Crippen molar-refractivity contribution in [1.82, 2.24) is 0 Å². The predicted molar refractivity (Wildman–Crippen MR) is 76.9 cm³/mol. The van der Waals surface area contributed by atoms with Crippen molar-refractivity contribution in [2.24, 2.45) is 5.92 Å². The Bertz CT molecular complexity index is 418. The van der Waals surface area contributed by atoms with E-state index < -0.39 is 5.97 Å². The Kier molecular flexibility index (Phi) is 6.87. The summed E-state index contributed by atoms with van der Waals surface area (Å²) < 4.78 is 11.6. The highest BCUT2D eigenvalue weighted by molar-refractivity contribution is 9.10. The zero-order valence-corrected chi connectivity index (χ0v) is 12.8. The molecule has 0 amide bonds. The van der Waals surface area contributed by atoms with Gasteiger partial charge in [0.15, 0.2) is 0 Å². The molecule has 5 heteroatoms. The van der Waals surface area contributed by atoms with Gasteiger partial charge in [0.2, 0.25) is 0 Å². The first-order valence-electron chi connectivity index (χ1n) is 6.24. The number of carbonyl (C=O) groups is 1. The lowest BCUT2D eigenvalue weighted by Crippen LogP contribution is -2.10. The van der Waals surface area contributed by atoms with Crippen LogP contribution in [0, 0.1) is 5.92 Å².